The number of nitro benzene ring substituents is 1. The van der Waals surface area contributed by atoms with Gasteiger partial charge in [-0.1, -0.05) is 23.7 Å². The Kier molecular flexibility index (Phi) is 5.27. The van der Waals surface area contributed by atoms with Crippen LogP contribution in [0.3, 0.4) is 0 Å². The van der Waals surface area contributed by atoms with Gasteiger partial charge in [0.15, 0.2) is 0 Å². The van der Waals surface area contributed by atoms with E-state index >= 15 is 0 Å². The number of para-hydroxylation sites is 1. The average molecular weight is 375 g/mol. The van der Waals surface area contributed by atoms with Gasteiger partial charge < -0.3 is 15.1 Å². The van der Waals surface area contributed by atoms with Crippen molar-refractivity contribution in [3.63, 3.8) is 0 Å². The standard InChI is InChI=1S/C18H19ClN4O3/c1-20-15-7-6-13(12-17(15)23(25)26)18(24)22-10-8-21(9-11-22)16-5-3-2-4-14(16)19/h2-7,12,20H,8-11H2,1H3. The Morgan fingerprint density at radius 3 is 2.46 bits per heavy atom. The first-order valence-corrected chi connectivity index (χ1v) is 8.64. The summed E-state index contributed by atoms with van der Waals surface area (Å²) in [6, 6.07) is 12.1. The maximum atomic E-state index is 12.7. The molecule has 2 aromatic rings. The van der Waals surface area contributed by atoms with Crippen LogP contribution in [0.5, 0.6) is 0 Å². The molecule has 0 aliphatic carbocycles. The average Bonchev–Trinajstić information content (AvgIpc) is 2.67. The molecule has 0 aromatic heterocycles. The lowest BCUT2D eigenvalue weighted by atomic mass is 10.1. The number of hydrogen-bond acceptors (Lipinski definition) is 5. The van der Waals surface area contributed by atoms with E-state index in [-0.39, 0.29) is 11.6 Å². The van der Waals surface area contributed by atoms with Crippen molar-refractivity contribution in [2.45, 2.75) is 0 Å². The van der Waals surface area contributed by atoms with Gasteiger partial charge in [-0.05, 0) is 24.3 Å². The molecule has 1 saturated heterocycles. The molecule has 8 heteroatoms. The number of nitro groups is 1. The van der Waals surface area contributed by atoms with Gasteiger partial charge in [-0.2, -0.15) is 0 Å². The molecule has 0 spiro atoms. The van der Waals surface area contributed by atoms with E-state index in [1.54, 1.807) is 24.1 Å². The second kappa shape index (κ2) is 7.61. The fourth-order valence-electron chi connectivity index (χ4n) is 3.07. The third-order valence-electron chi connectivity index (χ3n) is 4.47. The first-order chi connectivity index (χ1) is 12.5. The summed E-state index contributed by atoms with van der Waals surface area (Å²) < 4.78 is 0. The van der Waals surface area contributed by atoms with Crippen molar-refractivity contribution >= 4 is 34.6 Å². The largest absolute Gasteiger partial charge is 0.383 e. The topological polar surface area (TPSA) is 78.7 Å². The molecule has 0 unspecified atom stereocenters. The van der Waals surface area contributed by atoms with Gasteiger partial charge >= 0.3 is 0 Å². The number of hydrogen-bond donors (Lipinski definition) is 1. The molecule has 0 radical (unpaired) electrons. The summed E-state index contributed by atoms with van der Waals surface area (Å²) in [6.07, 6.45) is 0. The Labute approximate surface area is 156 Å². The van der Waals surface area contributed by atoms with E-state index in [9.17, 15) is 14.9 Å². The minimum atomic E-state index is -0.488. The maximum Gasteiger partial charge on any atom is 0.293 e. The van der Waals surface area contributed by atoms with Crippen LogP contribution in [0.2, 0.25) is 5.02 Å². The van der Waals surface area contributed by atoms with Crippen LogP contribution in [-0.2, 0) is 0 Å². The van der Waals surface area contributed by atoms with Crippen LogP contribution in [0.15, 0.2) is 42.5 Å². The van der Waals surface area contributed by atoms with E-state index < -0.39 is 4.92 Å². The Hall–Kier alpha value is -2.80. The fraction of sp³-hybridized carbons (Fsp3) is 0.278. The number of nitrogens with zero attached hydrogens (tertiary/aromatic N) is 3. The molecule has 1 N–H and O–H groups in total. The highest BCUT2D eigenvalue weighted by Crippen LogP contribution is 2.28. The van der Waals surface area contributed by atoms with Crippen LogP contribution in [-0.4, -0.2) is 49.0 Å². The zero-order valence-electron chi connectivity index (χ0n) is 14.3. The van der Waals surface area contributed by atoms with E-state index in [4.69, 9.17) is 11.6 Å². The number of anilines is 2. The van der Waals surface area contributed by atoms with E-state index in [1.165, 1.54) is 6.07 Å². The molecular weight excluding hydrogens is 356 g/mol. The summed E-state index contributed by atoms with van der Waals surface area (Å²) >= 11 is 6.24. The normalized spacial score (nSPS) is 14.2. The van der Waals surface area contributed by atoms with Crippen LogP contribution < -0.4 is 10.2 Å². The lowest BCUT2D eigenvalue weighted by Crippen LogP contribution is -2.48. The smallest absolute Gasteiger partial charge is 0.293 e. The highest BCUT2D eigenvalue weighted by atomic mass is 35.5. The molecule has 26 heavy (non-hydrogen) atoms. The van der Waals surface area contributed by atoms with Gasteiger partial charge in [-0.15, -0.1) is 0 Å². The maximum absolute atomic E-state index is 12.7. The number of carbonyl (C=O) groups is 1. The minimum absolute atomic E-state index is 0.104. The Bertz CT molecular complexity index is 835. The van der Waals surface area contributed by atoms with Crippen molar-refractivity contribution in [1.82, 2.24) is 4.90 Å². The van der Waals surface area contributed by atoms with E-state index in [0.717, 1.165) is 5.69 Å². The van der Waals surface area contributed by atoms with Gasteiger partial charge in [0, 0.05) is 44.9 Å². The molecule has 3 rings (SSSR count). The zero-order valence-corrected chi connectivity index (χ0v) is 15.1. The van der Waals surface area contributed by atoms with Gasteiger partial charge in [0.2, 0.25) is 0 Å². The molecule has 0 atom stereocenters. The Balaban J connectivity index is 1.72. The van der Waals surface area contributed by atoms with Crippen molar-refractivity contribution in [2.75, 3.05) is 43.4 Å². The number of halogens is 1. The number of amides is 1. The van der Waals surface area contributed by atoms with Gasteiger partial charge in [-0.25, -0.2) is 0 Å². The summed E-state index contributed by atoms with van der Waals surface area (Å²) in [6.45, 7) is 2.38. The minimum Gasteiger partial charge on any atom is -0.383 e. The molecule has 1 aliphatic heterocycles. The number of piperazine rings is 1. The van der Waals surface area contributed by atoms with Crippen molar-refractivity contribution in [3.8, 4) is 0 Å². The van der Waals surface area contributed by atoms with Crippen molar-refractivity contribution in [2.24, 2.45) is 0 Å². The van der Waals surface area contributed by atoms with Crippen LogP contribution in [0.1, 0.15) is 10.4 Å². The molecule has 1 heterocycles. The lowest BCUT2D eigenvalue weighted by Gasteiger charge is -2.36. The number of rotatable bonds is 4. The second-order valence-corrected chi connectivity index (χ2v) is 6.38. The van der Waals surface area contributed by atoms with Crippen LogP contribution >= 0.6 is 11.6 Å². The quantitative estimate of drug-likeness (QED) is 0.656. The van der Waals surface area contributed by atoms with Gasteiger partial charge in [0.05, 0.1) is 15.6 Å². The summed E-state index contributed by atoms with van der Waals surface area (Å²) in [7, 11) is 1.61. The first kappa shape index (κ1) is 18.0. The zero-order chi connectivity index (χ0) is 18.7. The highest BCUT2D eigenvalue weighted by Gasteiger charge is 2.25. The molecule has 136 valence electrons. The van der Waals surface area contributed by atoms with Crippen LogP contribution in [0.4, 0.5) is 17.1 Å². The summed E-state index contributed by atoms with van der Waals surface area (Å²) in [5, 5.41) is 14.6. The third-order valence-corrected chi connectivity index (χ3v) is 4.79. The van der Waals surface area contributed by atoms with E-state index in [1.807, 2.05) is 24.3 Å². The van der Waals surface area contributed by atoms with Gasteiger partial charge in [0.1, 0.15) is 5.69 Å². The lowest BCUT2D eigenvalue weighted by molar-refractivity contribution is -0.384. The van der Waals surface area contributed by atoms with Crippen molar-refractivity contribution < 1.29 is 9.72 Å². The molecule has 0 bridgehead atoms. The van der Waals surface area contributed by atoms with Crippen molar-refractivity contribution in [3.05, 3.63) is 63.2 Å². The highest BCUT2D eigenvalue weighted by molar-refractivity contribution is 6.33. The first-order valence-electron chi connectivity index (χ1n) is 8.26. The number of nitrogens with one attached hydrogen (secondary N) is 1. The van der Waals surface area contributed by atoms with E-state index in [2.05, 4.69) is 10.2 Å². The Morgan fingerprint density at radius 2 is 1.85 bits per heavy atom. The molecular formula is C18H19ClN4O3. The van der Waals surface area contributed by atoms with Crippen molar-refractivity contribution in [1.29, 1.82) is 0 Å². The molecule has 1 fully saturated rings. The monoisotopic (exact) mass is 374 g/mol. The third kappa shape index (κ3) is 3.57. The predicted octanol–water partition coefficient (Wildman–Crippen LogP) is 3.25. The SMILES string of the molecule is CNc1ccc(C(=O)N2CCN(c3ccccc3Cl)CC2)cc1[N+](=O)[O-]. The molecule has 7 nitrogen and oxygen atoms in total. The van der Waals surface area contributed by atoms with Crippen LogP contribution in [0, 0.1) is 10.1 Å². The number of benzene rings is 2. The summed E-state index contributed by atoms with van der Waals surface area (Å²) in [5.74, 6) is -0.199. The molecule has 0 saturated carbocycles. The summed E-state index contributed by atoms with van der Waals surface area (Å²) in [5.41, 5.74) is 1.56. The van der Waals surface area contributed by atoms with E-state index in [0.29, 0.717) is 42.5 Å². The molecule has 1 aliphatic rings. The Morgan fingerprint density at radius 1 is 1.15 bits per heavy atom. The van der Waals surface area contributed by atoms with Crippen LogP contribution in [0.25, 0.3) is 0 Å². The van der Waals surface area contributed by atoms with Gasteiger partial charge in [-0.3, -0.25) is 14.9 Å². The van der Waals surface area contributed by atoms with Gasteiger partial charge in [0.25, 0.3) is 11.6 Å². The summed E-state index contributed by atoms with van der Waals surface area (Å²) in [4.78, 5) is 27.3. The second-order valence-electron chi connectivity index (χ2n) is 5.97. The number of carbonyl (C=O) groups excluding carboxylic acids is 1. The fourth-order valence-corrected chi connectivity index (χ4v) is 3.32. The predicted molar refractivity (Wildman–Crippen MR) is 102 cm³/mol. The molecule has 1 amide bonds. The molecule has 2 aromatic carbocycles.